The van der Waals surface area contributed by atoms with Crippen LogP contribution in [0.5, 0.6) is 0 Å². The second-order valence-electron chi connectivity index (χ2n) is 5.04. The van der Waals surface area contributed by atoms with E-state index in [1.165, 1.54) is 14.0 Å². The fraction of sp³-hybridized carbons (Fsp3) is 0.643. The molecule has 1 heterocycles. The van der Waals surface area contributed by atoms with Crippen molar-refractivity contribution in [3.8, 4) is 0 Å². The molecule has 0 aromatic carbocycles. The minimum Gasteiger partial charge on any atom is -0.467 e. The third-order valence-electron chi connectivity index (χ3n) is 3.34. The lowest BCUT2D eigenvalue weighted by Gasteiger charge is -2.19. The molecule has 1 aromatic heterocycles. The number of esters is 1. The van der Waals surface area contributed by atoms with E-state index in [2.05, 4.69) is 22.0 Å². The number of hydrogen-bond donors (Lipinski definition) is 2. The van der Waals surface area contributed by atoms with E-state index in [0.717, 1.165) is 12.8 Å². The zero-order valence-electron chi connectivity index (χ0n) is 13.2. The Morgan fingerprint density at radius 1 is 1.50 bits per heavy atom. The van der Waals surface area contributed by atoms with Gasteiger partial charge in [0.15, 0.2) is 11.2 Å². The number of methoxy groups -OCH3 is 1. The summed E-state index contributed by atoms with van der Waals surface area (Å²) in [4.78, 5) is 28.1. The van der Waals surface area contributed by atoms with Crippen LogP contribution in [-0.4, -0.2) is 45.8 Å². The fourth-order valence-electron chi connectivity index (χ4n) is 2.03. The zero-order chi connectivity index (χ0) is 16.9. The van der Waals surface area contributed by atoms with Crippen LogP contribution in [0.3, 0.4) is 0 Å². The Hall–Kier alpha value is -1.60. The van der Waals surface area contributed by atoms with Gasteiger partial charge in [0.2, 0.25) is 0 Å². The first kappa shape index (κ1) is 18.4. The van der Waals surface area contributed by atoms with Crippen LogP contribution in [0.1, 0.15) is 43.0 Å². The lowest BCUT2D eigenvalue weighted by molar-refractivity contribution is -0.145. The topological polar surface area (TPSA) is 93.5 Å². The Morgan fingerprint density at radius 2 is 2.14 bits per heavy atom. The third-order valence-corrected chi connectivity index (χ3v) is 3.60. The zero-order valence-corrected chi connectivity index (χ0v) is 14.0. The summed E-state index contributed by atoms with van der Waals surface area (Å²) in [5.41, 5.74) is 0.155. The highest BCUT2D eigenvalue weighted by Gasteiger charge is 2.29. The molecule has 0 unspecified atom stereocenters. The minimum absolute atomic E-state index is 0.0697. The van der Waals surface area contributed by atoms with Crippen LogP contribution < -0.4 is 5.32 Å². The second kappa shape index (κ2) is 8.14. The SMILES string of the molecule is CCCCc1nc(Cl)c(C(=O)N[C@H](C(=O)OC)[C@H](C)O)n1C. The number of aromatic nitrogens is 2. The molecule has 0 aliphatic heterocycles. The number of ether oxygens (including phenoxy) is 1. The number of aliphatic hydroxyl groups is 1. The monoisotopic (exact) mass is 331 g/mol. The summed E-state index contributed by atoms with van der Waals surface area (Å²) >= 11 is 6.03. The third kappa shape index (κ3) is 4.20. The predicted molar refractivity (Wildman–Crippen MR) is 81.8 cm³/mol. The number of rotatable bonds is 7. The van der Waals surface area contributed by atoms with Crippen LogP contribution in [0, 0.1) is 0 Å². The average Bonchev–Trinajstić information content (AvgIpc) is 2.75. The van der Waals surface area contributed by atoms with Gasteiger partial charge in [0.1, 0.15) is 11.5 Å². The molecule has 22 heavy (non-hydrogen) atoms. The van der Waals surface area contributed by atoms with Gasteiger partial charge in [-0.1, -0.05) is 24.9 Å². The number of aliphatic hydroxyl groups excluding tert-OH is 1. The van der Waals surface area contributed by atoms with Gasteiger partial charge < -0.3 is 19.7 Å². The molecule has 1 amide bonds. The molecule has 7 nitrogen and oxygen atoms in total. The van der Waals surface area contributed by atoms with Crippen LogP contribution in [0.25, 0.3) is 0 Å². The molecule has 0 bridgehead atoms. The molecule has 2 atom stereocenters. The second-order valence-corrected chi connectivity index (χ2v) is 5.40. The molecular formula is C14H22ClN3O4. The van der Waals surface area contributed by atoms with Crippen molar-refractivity contribution in [2.24, 2.45) is 7.05 Å². The summed E-state index contributed by atoms with van der Waals surface area (Å²) in [7, 11) is 2.87. The van der Waals surface area contributed by atoms with Crippen molar-refractivity contribution in [1.29, 1.82) is 0 Å². The van der Waals surface area contributed by atoms with Gasteiger partial charge >= 0.3 is 5.97 Å². The summed E-state index contributed by atoms with van der Waals surface area (Å²) in [5.74, 6) is -0.615. The Labute approximate surface area is 134 Å². The van der Waals surface area contributed by atoms with Gasteiger partial charge in [0, 0.05) is 13.5 Å². The van der Waals surface area contributed by atoms with E-state index in [4.69, 9.17) is 11.6 Å². The van der Waals surface area contributed by atoms with Crippen molar-refractivity contribution in [1.82, 2.24) is 14.9 Å². The van der Waals surface area contributed by atoms with Crippen molar-refractivity contribution in [2.75, 3.05) is 7.11 Å². The maximum absolute atomic E-state index is 12.3. The number of aryl methyl sites for hydroxylation is 1. The van der Waals surface area contributed by atoms with Crippen molar-refractivity contribution in [2.45, 2.75) is 45.3 Å². The minimum atomic E-state index is -1.16. The molecule has 2 N–H and O–H groups in total. The molecular weight excluding hydrogens is 310 g/mol. The summed E-state index contributed by atoms with van der Waals surface area (Å²) in [6, 6.07) is -1.16. The van der Waals surface area contributed by atoms with E-state index in [-0.39, 0.29) is 10.8 Å². The van der Waals surface area contributed by atoms with E-state index >= 15 is 0 Å². The van der Waals surface area contributed by atoms with Crippen LogP contribution >= 0.6 is 11.6 Å². The van der Waals surface area contributed by atoms with Crippen molar-refractivity contribution >= 4 is 23.5 Å². The lowest BCUT2D eigenvalue weighted by Crippen LogP contribution is -2.48. The largest absolute Gasteiger partial charge is 0.467 e. The van der Waals surface area contributed by atoms with E-state index in [0.29, 0.717) is 12.2 Å². The van der Waals surface area contributed by atoms with Gasteiger partial charge in [-0.15, -0.1) is 0 Å². The first-order valence-electron chi connectivity index (χ1n) is 7.11. The highest BCUT2D eigenvalue weighted by atomic mass is 35.5. The smallest absolute Gasteiger partial charge is 0.331 e. The van der Waals surface area contributed by atoms with Crippen LogP contribution in [0.4, 0.5) is 0 Å². The first-order chi connectivity index (χ1) is 10.3. The molecule has 8 heteroatoms. The number of carbonyl (C=O) groups excluding carboxylic acids is 2. The summed E-state index contributed by atoms with van der Waals surface area (Å²) in [6.07, 6.45) is 1.54. The Morgan fingerprint density at radius 3 is 2.64 bits per heavy atom. The van der Waals surface area contributed by atoms with Gasteiger partial charge in [-0.3, -0.25) is 4.79 Å². The van der Waals surface area contributed by atoms with Gasteiger partial charge in [-0.25, -0.2) is 9.78 Å². The summed E-state index contributed by atoms with van der Waals surface area (Å²) in [6.45, 7) is 3.45. The van der Waals surface area contributed by atoms with Crippen LogP contribution in [0.15, 0.2) is 0 Å². The predicted octanol–water partition coefficient (Wildman–Crippen LogP) is 1.07. The molecule has 0 aliphatic rings. The number of halogens is 1. The Kier molecular flexibility index (Phi) is 6.83. The molecule has 0 aliphatic carbocycles. The highest BCUT2D eigenvalue weighted by Crippen LogP contribution is 2.18. The van der Waals surface area contributed by atoms with E-state index in [1.807, 2.05) is 0 Å². The maximum atomic E-state index is 12.3. The van der Waals surface area contributed by atoms with Crippen LogP contribution in [-0.2, 0) is 23.0 Å². The molecule has 0 saturated carbocycles. The van der Waals surface area contributed by atoms with Gasteiger partial charge in [0.25, 0.3) is 5.91 Å². The molecule has 1 rings (SSSR count). The van der Waals surface area contributed by atoms with Gasteiger partial charge in [-0.05, 0) is 13.3 Å². The number of carbonyl (C=O) groups is 2. The maximum Gasteiger partial charge on any atom is 0.331 e. The number of amides is 1. The quantitative estimate of drug-likeness (QED) is 0.729. The lowest BCUT2D eigenvalue weighted by atomic mass is 10.2. The highest BCUT2D eigenvalue weighted by molar-refractivity contribution is 6.32. The van der Waals surface area contributed by atoms with Gasteiger partial charge in [-0.2, -0.15) is 0 Å². The van der Waals surface area contributed by atoms with E-state index < -0.39 is 24.0 Å². The van der Waals surface area contributed by atoms with E-state index in [9.17, 15) is 14.7 Å². The Bertz CT molecular complexity index is 542. The molecule has 1 aromatic rings. The number of nitrogens with one attached hydrogen (secondary N) is 1. The molecule has 0 radical (unpaired) electrons. The number of imidazole rings is 1. The normalized spacial score (nSPS) is 13.5. The van der Waals surface area contributed by atoms with Gasteiger partial charge in [0.05, 0.1) is 13.2 Å². The molecule has 0 saturated heterocycles. The molecule has 0 spiro atoms. The summed E-state index contributed by atoms with van der Waals surface area (Å²) < 4.78 is 6.16. The molecule has 0 fully saturated rings. The Balaban J connectivity index is 2.97. The number of nitrogens with zero attached hydrogens (tertiary/aromatic N) is 2. The standard InChI is InChI=1S/C14H22ClN3O4/c1-5-6-7-9-16-12(15)11(18(9)3)13(20)17-10(8(2)19)14(21)22-4/h8,10,19H,5-7H2,1-4H3,(H,17,20)/t8-,10-/m0/s1. The molecule has 124 valence electrons. The van der Waals surface area contributed by atoms with Crippen molar-refractivity contribution in [3.63, 3.8) is 0 Å². The average molecular weight is 332 g/mol. The number of hydrogen-bond acceptors (Lipinski definition) is 5. The van der Waals surface area contributed by atoms with E-state index in [1.54, 1.807) is 11.6 Å². The van der Waals surface area contributed by atoms with Crippen molar-refractivity contribution < 1.29 is 19.4 Å². The van der Waals surface area contributed by atoms with Crippen molar-refractivity contribution in [3.05, 3.63) is 16.7 Å². The number of unbranched alkanes of at least 4 members (excludes halogenated alkanes) is 1. The van der Waals surface area contributed by atoms with Crippen LogP contribution in [0.2, 0.25) is 5.15 Å². The fourth-order valence-corrected chi connectivity index (χ4v) is 2.34. The first-order valence-corrected chi connectivity index (χ1v) is 7.49. The summed E-state index contributed by atoms with van der Waals surface area (Å²) in [5, 5.41) is 12.1.